The average molecular weight is 340 g/mol. The predicted molar refractivity (Wildman–Crippen MR) is 78.2 cm³/mol. The number of rotatable bonds is 3. The van der Waals surface area contributed by atoms with Gasteiger partial charge in [-0.05, 0) is 36.0 Å². The van der Waals surface area contributed by atoms with Crippen LogP contribution in [0.2, 0.25) is 0 Å². The van der Waals surface area contributed by atoms with E-state index in [0.717, 1.165) is 30.7 Å². The summed E-state index contributed by atoms with van der Waals surface area (Å²) in [4.78, 5) is 12.3. The molecule has 0 aromatic carbocycles. The van der Waals surface area contributed by atoms with Crippen molar-refractivity contribution in [3.8, 4) is 0 Å². The van der Waals surface area contributed by atoms with Crippen molar-refractivity contribution in [2.75, 3.05) is 26.7 Å². The Bertz CT molecular complexity index is 581. The van der Waals surface area contributed by atoms with E-state index in [9.17, 15) is 0 Å². The molecule has 0 amide bonds. The molecule has 7 heteroatoms. The van der Waals surface area contributed by atoms with Gasteiger partial charge in [0.2, 0.25) is 5.89 Å². The van der Waals surface area contributed by atoms with Gasteiger partial charge in [0.15, 0.2) is 5.82 Å². The van der Waals surface area contributed by atoms with Gasteiger partial charge in [-0.15, -0.1) is 0 Å². The molecule has 1 aliphatic rings. The average Bonchev–Trinajstić information content (AvgIpc) is 3.01. The fourth-order valence-corrected chi connectivity index (χ4v) is 2.92. The van der Waals surface area contributed by atoms with E-state index in [1.54, 1.807) is 0 Å². The van der Waals surface area contributed by atoms with Crippen LogP contribution in [0.15, 0.2) is 21.3 Å². The van der Waals surface area contributed by atoms with Crippen molar-refractivity contribution in [2.45, 2.75) is 19.5 Å². The molecule has 0 unspecified atom stereocenters. The molecule has 0 spiro atoms. The summed E-state index contributed by atoms with van der Waals surface area (Å²) in [6.45, 7) is 5.69. The number of aromatic nitrogens is 3. The van der Waals surface area contributed by atoms with E-state index < -0.39 is 0 Å². The SMILES string of the molecule is Cc1noc([C@H]2CN(Cc3cc(Br)c[nH]3)CCN2C)n1. The van der Waals surface area contributed by atoms with Gasteiger partial charge in [-0.25, -0.2) is 0 Å². The second kappa shape index (κ2) is 5.67. The molecule has 1 atom stereocenters. The van der Waals surface area contributed by atoms with Crippen LogP contribution in [0, 0.1) is 6.92 Å². The second-order valence-corrected chi connectivity index (χ2v) is 6.17. The van der Waals surface area contributed by atoms with Crippen molar-refractivity contribution in [2.24, 2.45) is 0 Å². The standard InChI is InChI=1S/C13H18BrN5O/c1-9-16-13(20-17-9)12-8-19(4-3-18(12)2)7-11-5-10(14)6-15-11/h5-6,12,15H,3-4,7-8H2,1-2H3/t12-/m1/s1. The Morgan fingerprint density at radius 3 is 3.00 bits per heavy atom. The highest BCUT2D eigenvalue weighted by atomic mass is 79.9. The third-order valence-electron chi connectivity index (χ3n) is 3.66. The summed E-state index contributed by atoms with van der Waals surface area (Å²) >= 11 is 3.47. The number of piperazine rings is 1. The van der Waals surface area contributed by atoms with Crippen LogP contribution in [-0.4, -0.2) is 51.6 Å². The Hall–Kier alpha value is -1.18. The van der Waals surface area contributed by atoms with E-state index in [4.69, 9.17) is 4.52 Å². The highest BCUT2D eigenvalue weighted by Crippen LogP contribution is 2.24. The molecule has 2 aromatic heterocycles. The molecule has 108 valence electrons. The Balaban J connectivity index is 1.69. The first-order chi connectivity index (χ1) is 9.61. The fourth-order valence-electron chi connectivity index (χ4n) is 2.53. The van der Waals surface area contributed by atoms with Crippen molar-refractivity contribution in [3.05, 3.63) is 34.1 Å². The Labute approximate surface area is 126 Å². The minimum atomic E-state index is 0.170. The van der Waals surface area contributed by atoms with E-state index in [1.807, 2.05) is 13.1 Å². The van der Waals surface area contributed by atoms with E-state index in [1.165, 1.54) is 5.69 Å². The van der Waals surface area contributed by atoms with Gasteiger partial charge < -0.3 is 9.51 Å². The van der Waals surface area contributed by atoms with Crippen LogP contribution in [0.25, 0.3) is 0 Å². The highest BCUT2D eigenvalue weighted by molar-refractivity contribution is 9.10. The third kappa shape index (κ3) is 2.94. The van der Waals surface area contributed by atoms with Crippen LogP contribution >= 0.6 is 15.9 Å². The molecule has 1 N–H and O–H groups in total. The van der Waals surface area contributed by atoms with Crippen LogP contribution in [0.1, 0.15) is 23.5 Å². The Kier molecular flexibility index (Phi) is 3.91. The lowest BCUT2D eigenvalue weighted by Gasteiger charge is -2.37. The first kappa shape index (κ1) is 13.8. The monoisotopic (exact) mass is 339 g/mol. The topological polar surface area (TPSA) is 61.2 Å². The van der Waals surface area contributed by atoms with Gasteiger partial charge >= 0.3 is 0 Å². The zero-order chi connectivity index (χ0) is 14.1. The van der Waals surface area contributed by atoms with Crippen LogP contribution in [-0.2, 0) is 6.54 Å². The molecule has 2 aromatic rings. The van der Waals surface area contributed by atoms with Gasteiger partial charge in [0, 0.05) is 42.5 Å². The summed E-state index contributed by atoms with van der Waals surface area (Å²) in [5.74, 6) is 1.40. The number of nitrogens with one attached hydrogen (secondary N) is 1. The molecule has 0 radical (unpaired) electrons. The Morgan fingerprint density at radius 2 is 2.35 bits per heavy atom. The number of aryl methyl sites for hydroxylation is 1. The van der Waals surface area contributed by atoms with Gasteiger partial charge in [0.05, 0.1) is 0 Å². The molecule has 1 fully saturated rings. The number of H-pyrrole nitrogens is 1. The third-order valence-corrected chi connectivity index (χ3v) is 4.12. The molecular weight excluding hydrogens is 322 g/mol. The molecule has 0 aliphatic carbocycles. The van der Waals surface area contributed by atoms with Crippen molar-refractivity contribution in [3.63, 3.8) is 0 Å². The smallest absolute Gasteiger partial charge is 0.245 e. The normalized spacial score (nSPS) is 21.4. The molecule has 3 heterocycles. The number of hydrogen-bond acceptors (Lipinski definition) is 5. The number of nitrogens with zero attached hydrogens (tertiary/aromatic N) is 4. The molecule has 1 saturated heterocycles. The van der Waals surface area contributed by atoms with E-state index in [2.05, 4.69) is 54.0 Å². The van der Waals surface area contributed by atoms with E-state index in [-0.39, 0.29) is 6.04 Å². The van der Waals surface area contributed by atoms with Crippen molar-refractivity contribution >= 4 is 15.9 Å². The molecular formula is C13H18BrN5O. The zero-order valence-corrected chi connectivity index (χ0v) is 13.2. The van der Waals surface area contributed by atoms with Gasteiger partial charge in [-0.2, -0.15) is 4.98 Å². The van der Waals surface area contributed by atoms with Gasteiger partial charge in [-0.3, -0.25) is 9.80 Å². The molecule has 20 heavy (non-hydrogen) atoms. The molecule has 0 bridgehead atoms. The number of hydrogen-bond donors (Lipinski definition) is 1. The van der Waals surface area contributed by atoms with E-state index in [0.29, 0.717) is 11.7 Å². The van der Waals surface area contributed by atoms with Gasteiger partial charge in [0.25, 0.3) is 0 Å². The molecule has 0 saturated carbocycles. The maximum Gasteiger partial charge on any atom is 0.245 e. The quantitative estimate of drug-likeness (QED) is 0.926. The summed E-state index contributed by atoms with van der Waals surface area (Å²) in [6, 6.07) is 2.29. The number of likely N-dealkylation sites (N-methyl/N-ethyl adjacent to an activating group) is 1. The molecule has 3 rings (SSSR count). The van der Waals surface area contributed by atoms with Crippen LogP contribution in [0.4, 0.5) is 0 Å². The lowest BCUT2D eigenvalue weighted by atomic mass is 10.1. The maximum atomic E-state index is 5.33. The molecule has 6 nitrogen and oxygen atoms in total. The predicted octanol–water partition coefficient (Wildman–Crippen LogP) is 1.96. The van der Waals surface area contributed by atoms with Gasteiger partial charge in [-0.1, -0.05) is 5.16 Å². The lowest BCUT2D eigenvalue weighted by Crippen LogP contribution is -2.46. The van der Waals surface area contributed by atoms with Crippen molar-refractivity contribution in [1.29, 1.82) is 0 Å². The number of halogens is 1. The summed E-state index contributed by atoms with van der Waals surface area (Å²) in [5.41, 5.74) is 1.21. The van der Waals surface area contributed by atoms with Crippen molar-refractivity contribution < 1.29 is 4.52 Å². The van der Waals surface area contributed by atoms with E-state index >= 15 is 0 Å². The number of aromatic amines is 1. The summed E-state index contributed by atoms with van der Waals surface area (Å²) in [7, 11) is 2.10. The van der Waals surface area contributed by atoms with Gasteiger partial charge in [0.1, 0.15) is 6.04 Å². The Morgan fingerprint density at radius 1 is 1.50 bits per heavy atom. The molecule has 1 aliphatic heterocycles. The van der Waals surface area contributed by atoms with Crippen LogP contribution in [0.3, 0.4) is 0 Å². The lowest BCUT2D eigenvalue weighted by molar-refractivity contribution is 0.0708. The summed E-state index contributed by atoms with van der Waals surface area (Å²) in [5, 5.41) is 3.89. The van der Waals surface area contributed by atoms with Crippen molar-refractivity contribution in [1.82, 2.24) is 24.9 Å². The fraction of sp³-hybridized carbons (Fsp3) is 0.538. The van der Waals surface area contributed by atoms with Crippen LogP contribution < -0.4 is 0 Å². The summed E-state index contributed by atoms with van der Waals surface area (Å²) < 4.78 is 6.42. The summed E-state index contributed by atoms with van der Waals surface area (Å²) in [6.07, 6.45) is 1.96. The first-order valence-corrected chi connectivity index (χ1v) is 7.47. The second-order valence-electron chi connectivity index (χ2n) is 5.25. The first-order valence-electron chi connectivity index (χ1n) is 6.67. The largest absolute Gasteiger partial charge is 0.363 e. The maximum absolute atomic E-state index is 5.33. The minimum Gasteiger partial charge on any atom is -0.363 e. The minimum absolute atomic E-state index is 0.170. The zero-order valence-electron chi connectivity index (χ0n) is 11.6. The van der Waals surface area contributed by atoms with Crippen LogP contribution in [0.5, 0.6) is 0 Å². The highest BCUT2D eigenvalue weighted by Gasteiger charge is 2.29.